The summed E-state index contributed by atoms with van der Waals surface area (Å²) in [5.41, 5.74) is -0.755. The van der Waals surface area contributed by atoms with Crippen molar-refractivity contribution in [3.63, 3.8) is 0 Å². The van der Waals surface area contributed by atoms with Gasteiger partial charge in [0.05, 0.1) is 16.3 Å². The fourth-order valence-electron chi connectivity index (χ4n) is 2.15. The van der Waals surface area contributed by atoms with Gasteiger partial charge < -0.3 is 10.2 Å². The highest BCUT2D eigenvalue weighted by Crippen LogP contribution is 2.33. The number of nitrogens with one attached hydrogen (secondary N) is 1. The van der Waals surface area contributed by atoms with E-state index in [4.69, 9.17) is 11.6 Å². The molecule has 0 spiro atoms. The van der Waals surface area contributed by atoms with Gasteiger partial charge in [0.1, 0.15) is 0 Å². The molecule has 0 aliphatic carbocycles. The monoisotopic (exact) mass is 370 g/mol. The first-order valence-corrected chi connectivity index (χ1v) is 7.66. The van der Waals surface area contributed by atoms with Gasteiger partial charge in [0.15, 0.2) is 0 Å². The molecule has 0 aliphatic rings. The van der Waals surface area contributed by atoms with Crippen molar-refractivity contribution >= 4 is 34.8 Å². The van der Waals surface area contributed by atoms with E-state index in [1.165, 1.54) is 4.90 Å². The van der Waals surface area contributed by atoms with Crippen LogP contribution >= 0.6 is 11.6 Å². The molecule has 2 amide bonds. The van der Waals surface area contributed by atoms with Crippen molar-refractivity contribution in [3.8, 4) is 0 Å². The van der Waals surface area contributed by atoms with Crippen LogP contribution in [0, 0.1) is 0 Å². The molecule has 2 aromatic rings. The van der Waals surface area contributed by atoms with Crippen molar-refractivity contribution < 1.29 is 22.8 Å². The molecular weight excluding hydrogens is 357 g/mol. The van der Waals surface area contributed by atoms with Crippen molar-refractivity contribution in [2.45, 2.75) is 13.1 Å². The van der Waals surface area contributed by atoms with Crippen LogP contribution in [0.3, 0.4) is 0 Å². The molecule has 0 aliphatic heterocycles. The zero-order valence-electron chi connectivity index (χ0n) is 13.1. The molecular formula is C17H14ClF3N2O2. The lowest BCUT2D eigenvalue weighted by Crippen LogP contribution is -2.39. The third-order valence-corrected chi connectivity index (χ3v) is 3.69. The number of rotatable bonds is 3. The SMILES string of the molecule is CCN(C(=O)C(=O)Nc1cc(C(F)(F)F)ccc1Cl)c1ccccc1. The molecule has 0 atom stereocenters. The Morgan fingerprint density at radius 2 is 1.76 bits per heavy atom. The Hall–Kier alpha value is -2.54. The molecule has 0 bridgehead atoms. The molecule has 25 heavy (non-hydrogen) atoms. The fourth-order valence-corrected chi connectivity index (χ4v) is 2.31. The standard InChI is InChI=1S/C17H14ClF3N2O2/c1-2-23(12-6-4-3-5-7-12)16(25)15(24)22-14-10-11(17(19,20)21)8-9-13(14)18/h3-10H,2H2,1H3,(H,22,24). The summed E-state index contributed by atoms with van der Waals surface area (Å²) in [5.74, 6) is -1.98. The summed E-state index contributed by atoms with van der Waals surface area (Å²) >= 11 is 5.82. The quantitative estimate of drug-likeness (QED) is 0.816. The van der Waals surface area contributed by atoms with E-state index in [0.717, 1.165) is 12.1 Å². The van der Waals surface area contributed by atoms with Gasteiger partial charge in [0.25, 0.3) is 0 Å². The summed E-state index contributed by atoms with van der Waals surface area (Å²) in [7, 11) is 0. The fraction of sp³-hybridized carbons (Fsp3) is 0.176. The second-order valence-electron chi connectivity index (χ2n) is 5.03. The third-order valence-electron chi connectivity index (χ3n) is 3.37. The molecule has 0 saturated heterocycles. The van der Waals surface area contributed by atoms with Crippen LogP contribution in [-0.2, 0) is 15.8 Å². The van der Waals surface area contributed by atoms with E-state index >= 15 is 0 Å². The van der Waals surface area contributed by atoms with E-state index < -0.39 is 23.6 Å². The lowest BCUT2D eigenvalue weighted by atomic mass is 10.2. The largest absolute Gasteiger partial charge is 0.416 e. The summed E-state index contributed by atoms with van der Waals surface area (Å²) in [4.78, 5) is 25.7. The maximum absolute atomic E-state index is 12.8. The van der Waals surface area contributed by atoms with E-state index in [2.05, 4.69) is 5.32 Å². The van der Waals surface area contributed by atoms with Crippen LogP contribution in [0.25, 0.3) is 0 Å². The molecule has 0 radical (unpaired) electrons. The number of likely N-dealkylation sites (N-methyl/N-ethyl adjacent to an activating group) is 1. The lowest BCUT2D eigenvalue weighted by Gasteiger charge is -2.20. The Kier molecular flexibility index (Phi) is 5.69. The van der Waals surface area contributed by atoms with E-state index in [1.807, 2.05) is 0 Å². The molecule has 8 heteroatoms. The maximum Gasteiger partial charge on any atom is 0.416 e. The number of benzene rings is 2. The van der Waals surface area contributed by atoms with Gasteiger partial charge in [-0.05, 0) is 37.3 Å². The summed E-state index contributed by atoms with van der Waals surface area (Å²) in [6.45, 7) is 1.89. The van der Waals surface area contributed by atoms with Crippen LogP contribution in [0.1, 0.15) is 12.5 Å². The van der Waals surface area contributed by atoms with E-state index in [0.29, 0.717) is 11.8 Å². The number of anilines is 2. The Balaban J connectivity index is 2.23. The molecule has 0 heterocycles. The minimum Gasteiger partial charge on any atom is -0.316 e. The summed E-state index contributed by atoms with van der Waals surface area (Å²) < 4.78 is 38.3. The lowest BCUT2D eigenvalue weighted by molar-refractivity contribution is -0.137. The molecule has 132 valence electrons. The molecule has 0 unspecified atom stereocenters. The van der Waals surface area contributed by atoms with Crippen LogP contribution < -0.4 is 10.2 Å². The van der Waals surface area contributed by atoms with Crippen molar-refractivity contribution in [1.29, 1.82) is 0 Å². The number of amides is 2. The molecule has 4 nitrogen and oxygen atoms in total. The van der Waals surface area contributed by atoms with Crippen LogP contribution in [0.15, 0.2) is 48.5 Å². The van der Waals surface area contributed by atoms with Crippen LogP contribution in [-0.4, -0.2) is 18.4 Å². The molecule has 0 saturated carbocycles. The number of carbonyl (C=O) groups is 2. The zero-order valence-corrected chi connectivity index (χ0v) is 13.9. The highest BCUT2D eigenvalue weighted by molar-refractivity contribution is 6.45. The molecule has 2 rings (SSSR count). The maximum atomic E-state index is 12.8. The average Bonchev–Trinajstić information content (AvgIpc) is 2.57. The molecule has 2 aromatic carbocycles. The average molecular weight is 371 g/mol. The summed E-state index contributed by atoms with van der Waals surface area (Å²) in [6, 6.07) is 10.9. The van der Waals surface area contributed by atoms with Gasteiger partial charge in [-0.25, -0.2) is 0 Å². The zero-order chi connectivity index (χ0) is 18.6. The number of para-hydroxylation sites is 1. The van der Waals surface area contributed by atoms with Gasteiger partial charge in [-0.1, -0.05) is 29.8 Å². The Bertz CT molecular complexity index is 779. The van der Waals surface area contributed by atoms with Gasteiger partial charge in [-0.2, -0.15) is 13.2 Å². The van der Waals surface area contributed by atoms with E-state index in [1.54, 1.807) is 37.3 Å². The highest BCUT2D eigenvalue weighted by Gasteiger charge is 2.31. The first kappa shape index (κ1) is 18.8. The predicted octanol–water partition coefficient (Wildman–Crippen LogP) is 4.35. The number of hydrogen-bond acceptors (Lipinski definition) is 2. The van der Waals surface area contributed by atoms with Gasteiger partial charge in [0.2, 0.25) is 0 Å². The third kappa shape index (κ3) is 4.51. The Morgan fingerprint density at radius 1 is 1.12 bits per heavy atom. The second kappa shape index (κ2) is 7.57. The molecule has 1 N–H and O–H groups in total. The van der Waals surface area contributed by atoms with Gasteiger partial charge in [0, 0.05) is 12.2 Å². The Morgan fingerprint density at radius 3 is 2.32 bits per heavy atom. The van der Waals surface area contributed by atoms with Crippen molar-refractivity contribution in [3.05, 3.63) is 59.1 Å². The van der Waals surface area contributed by atoms with Crippen molar-refractivity contribution in [2.75, 3.05) is 16.8 Å². The smallest absolute Gasteiger partial charge is 0.316 e. The number of halogens is 4. The number of carbonyl (C=O) groups excluding carboxylic acids is 2. The number of alkyl halides is 3. The van der Waals surface area contributed by atoms with Gasteiger partial charge in [-0.3, -0.25) is 9.59 Å². The van der Waals surface area contributed by atoms with E-state index in [-0.39, 0.29) is 17.3 Å². The van der Waals surface area contributed by atoms with Crippen molar-refractivity contribution in [2.24, 2.45) is 0 Å². The minimum absolute atomic E-state index is 0.100. The van der Waals surface area contributed by atoms with Gasteiger partial charge >= 0.3 is 18.0 Å². The van der Waals surface area contributed by atoms with Crippen LogP contribution in [0.2, 0.25) is 5.02 Å². The summed E-state index contributed by atoms with van der Waals surface area (Å²) in [5, 5.41) is 2.04. The second-order valence-corrected chi connectivity index (χ2v) is 5.44. The first-order valence-electron chi connectivity index (χ1n) is 7.28. The van der Waals surface area contributed by atoms with Crippen LogP contribution in [0.4, 0.5) is 24.5 Å². The predicted molar refractivity (Wildman–Crippen MR) is 89.6 cm³/mol. The molecule has 0 fully saturated rings. The van der Waals surface area contributed by atoms with Crippen molar-refractivity contribution in [1.82, 2.24) is 0 Å². The molecule has 0 aromatic heterocycles. The first-order chi connectivity index (χ1) is 11.7. The number of nitrogens with zero attached hydrogens (tertiary/aromatic N) is 1. The topological polar surface area (TPSA) is 49.4 Å². The van der Waals surface area contributed by atoms with Crippen LogP contribution in [0.5, 0.6) is 0 Å². The van der Waals surface area contributed by atoms with Gasteiger partial charge in [-0.15, -0.1) is 0 Å². The highest BCUT2D eigenvalue weighted by atomic mass is 35.5. The Labute approximate surface area is 147 Å². The normalized spacial score (nSPS) is 11.1. The summed E-state index contributed by atoms with van der Waals surface area (Å²) in [6.07, 6.45) is -4.59. The van der Waals surface area contributed by atoms with E-state index in [9.17, 15) is 22.8 Å². The number of hydrogen-bond donors (Lipinski definition) is 1. The minimum atomic E-state index is -4.59.